The van der Waals surface area contributed by atoms with Crippen molar-refractivity contribution in [3.8, 4) is 0 Å². The molecule has 0 aliphatic rings. The van der Waals surface area contributed by atoms with E-state index in [1.165, 1.54) is 0 Å². The highest BCUT2D eigenvalue weighted by molar-refractivity contribution is 5.96. The van der Waals surface area contributed by atoms with Gasteiger partial charge in [-0.15, -0.1) is 10.0 Å². The Morgan fingerprint density at radius 1 is 1.33 bits per heavy atom. The smallest absolute Gasteiger partial charge is 0.335 e. The van der Waals surface area contributed by atoms with Crippen LogP contribution < -0.4 is 5.54 Å². The number of carboxylic acids is 2. The van der Waals surface area contributed by atoms with Gasteiger partial charge in [0.1, 0.15) is 0 Å². The first-order chi connectivity index (χ1) is 4.09. The van der Waals surface area contributed by atoms with E-state index in [4.69, 9.17) is 10.2 Å². The number of carboxylic acid groups (broad SMARTS) is 2. The van der Waals surface area contributed by atoms with Crippen LogP contribution in [0, 0.1) is 0 Å². The maximum Gasteiger partial charge on any atom is 0.335 e. The second kappa shape index (κ2) is 2.98. The van der Waals surface area contributed by atoms with Crippen molar-refractivity contribution in [1.82, 2.24) is 5.54 Å². The van der Waals surface area contributed by atoms with Crippen molar-refractivity contribution in [2.24, 2.45) is 0 Å². The number of hydrogen-bond acceptors (Lipinski definition) is 3. The lowest BCUT2D eigenvalue weighted by Crippen LogP contribution is -2.38. The third kappa shape index (κ3) is 2.04. The van der Waals surface area contributed by atoms with E-state index in [1.807, 2.05) is 0 Å². The second-order valence-corrected chi connectivity index (χ2v) is 1.22. The minimum Gasteiger partial charge on any atom is -0.480 e. The zero-order chi connectivity index (χ0) is 7.44. The molecule has 0 aliphatic heterocycles. The van der Waals surface area contributed by atoms with Crippen LogP contribution >= 0.6 is 0 Å². The Balaban J connectivity index is 3.99. The van der Waals surface area contributed by atoms with E-state index in [0.29, 0.717) is 5.54 Å². The average Bonchev–Trinajstić information content (AvgIpc) is 1.64. The molecule has 52 valence electrons. The molecule has 5 nitrogen and oxygen atoms in total. The molecule has 6 heteroatoms. The highest BCUT2D eigenvalue weighted by Gasteiger charge is 2.24. The lowest BCUT2D eigenvalue weighted by atomic mass is 10.3. The first kappa shape index (κ1) is 7.83. The summed E-state index contributed by atoms with van der Waals surface area (Å²) in [6, 6.07) is -2.16. The van der Waals surface area contributed by atoms with Crippen LogP contribution in [0.25, 0.3) is 0 Å². The molecule has 0 spiro atoms. The third-order valence-corrected chi connectivity index (χ3v) is 0.603. The van der Waals surface area contributed by atoms with Gasteiger partial charge in [0.25, 0.3) is 0 Å². The highest BCUT2D eigenvalue weighted by atomic mass is 19.2. The second-order valence-electron chi connectivity index (χ2n) is 1.22. The highest BCUT2D eigenvalue weighted by Crippen LogP contribution is 1.82. The van der Waals surface area contributed by atoms with Crippen molar-refractivity contribution < 1.29 is 24.3 Å². The first-order valence-electron chi connectivity index (χ1n) is 1.91. The van der Waals surface area contributed by atoms with E-state index in [0.717, 1.165) is 0 Å². The van der Waals surface area contributed by atoms with Crippen molar-refractivity contribution in [3.63, 3.8) is 0 Å². The molecule has 0 bridgehead atoms. The van der Waals surface area contributed by atoms with Crippen LogP contribution in [0.15, 0.2) is 0 Å². The topological polar surface area (TPSA) is 86.6 Å². The molecule has 0 aliphatic carbocycles. The van der Waals surface area contributed by atoms with Crippen molar-refractivity contribution in [2.75, 3.05) is 0 Å². The molecule has 0 saturated carbocycles. The molecular weight excluding hydrogens is 133 g/mol. The Morgan fingerprint density at radius 3 is 1.67 bits per heavy atom. The summed E-state index contributed by atoms with van der Waals surface area (Å²) >= 11 is 0. The molecular formula is C3H4FNO4. The third-order valence-electron chi connectivity index (χ3n) is 0.603. The molecule has 3 N–H and O–H groups in total. The van der Waals surface area contributed by atoms with Gasteiger partial charge in [-0.1, -0.05) is 0 Å². The van der Waals surface area contributed by atoms with Crippen LogP contribution in [0.2, 0.25) is 0 Å². The van der Waals surface area contributed by atoms with Gasteiger partial charge in [-0.05, 0) is 0 Å². The summed E-state index contributed by atoms with van der Waals surface area (Å²) in [5.74, 6) is -3.52. The molecule has 0 heterocycles. The average molecular weight is 137 g/mol. The summed E-state index contributed by atoms with van der Waals surface area (Å²) in [6.07, 6.45) is 0. The monoisotopic (exact) mass is 137 g/mol. The van der Waals surface area contributed by atoms with E-state index in [-0.39, 0.29) is 0 Å². The summed E-state index contributed by atoms with van der Waals surface area (Å²) in [7, 11) is 0. The Kier molecular flexibility index (Phi) is 2.59. The molecule has 0 unspecified atom stereocenters. The van der Waals surface area contributed by atoms with Gasteiger partial charge < -0.3 is 10.2 Å². The number of rotatable bonds is 3. The van der Waals surface area contributed by atoms with E-state index in [2.05, 4.69) is 0 Å². The van der Waals surface area contributed by atoms with Gasteiger partial charge in [0, 0.05) is 0 Å². The molecule has 0 aromatic heterocycles. The molecule has 0 radical (unpaired) electrons. The van der Waals surface area contributed by atoms with Crippen LogP contribution in [-0.2, 0) is 9.59 Å². The van der Waals surface area contributed by atoms with Gasteiger partial charge in [-0.3, -0.25) is 0 Å². The summed E-state index contributed by atoms with van der Waals surface area (Å²) in [6.45, 7) is 0. The molecule has 0 rings (SSSR count). The zero-order valence-corrected chi connectivity index (χ0v) is 4.17. The minimum atomic E-state index is -2.16. The first-order valence-corrected chi connectivity index (χ1v) is 1.91. The summed E-state index contributed by atoms with van der Waals surface area (Å²) in [5, 5.41) is 15.7. The number of nitrogens with one attached hydrogen (secondary N) is 1. The predicted molar refractivity (Wildman–Crippen MR) is 23.3 cm³/mol. The van der Waals surface area contributed by atoms with Gasteiger partial charge in [0.2, 0.25) is 6.04 Å². The summed E-state index contributed by atoms with van der Waals surface area (Å²) < 4.78 is 11.1. The normalized spacial score (nSPS) is 9.56. The van der Waals surface area contributed by atoms with Crippen molar-refractivity contribution in [2.45, 2.75) is 6.04 Å². The molecule has 0 fully saturated rings. The zero-order valence-electron chi connectivity index (χ0n) is 4.17. The maximum absolute atomic E-state index is 11.1. The molecule has 0 aromatic carbocycles. The SMILES string of the molecule is O=C(O)C(NF)C(=O)O. The molecule has 0 amide bonds. The molecule has 0 aromatic rings. The Hall–Kier alpha value is -1.17. The largest absolute Gasteiger partial charge is 0.480 e. The van der Waals surface area contributed by atoms with Gasteiger partial charge in [-0.2, -0.15) is 0 Å². The van der Waals surface area contributed by atoms with Crippen LogP contribution in [0.5, 0.6) is 0 Å². The van der Waals surface area contributed by atoms with Crippen LogP contribution in [0.3, 0.4) is 0 Å². The number of halogens is 1. The van der Waals surface area contributed by atoms with Crippen LogP contribution in [-0.4, -0.2) is 28.2 Å². The molecule has 9 heavy (non-hydrogen) atoms. The van der Waals surface area contributed by atoms with Crippen LogP contribution in [0.4, 0.5) is 4.48 Å². The standard InChI is InChI=1S/C3H4FNO4/c4-5-1(2(6)7)3(8)9/h1,5H,(H,6,7)(H,8,9). The van der Waals surface area contributed by atoms with Crippen LogP contribution in [0.1, 0.15) is 0 Å². The van der Waals surface area contributed by atoms with Crippen molar-refractivity contribution in [1.29, 1.82) is 0 Å². The molecule has 0 atom stereocenters. The van der Waals surface area contributed by atoms with Crippen molar-refractivity contribution in [3.05, 3.63) is 0 Å². The fourth-order valence-corrected chi connectivity index (χ4v) is 0.199. The van der Waals surface area contributed by atoms with Crippen molar-refractivity contribution >= 4 is 11.9 Å². The fourth-order valence-electron chi connectivity index (χ4n) is 0.199. The molecule has 0 saturated heterocycles. The summed E-state index contributed by atoms with van der Waals surface area (Å²) in [5.41, 5.74) is 0.602. The van der Waals surface area contributed by atoms with E-state index in [9.17, 15) is 14.1 Å². The number of aliphatic carboxylic acids is 2. The Bertz CT molecular complexity index is 122. The Morgan fingerprint density at radius 2 is 1.67 bits per heavy atom. The maximum atomic E-state index is 11.1. The predicted octanol–water partition coefficient (Wildman–Crippen LogP) is -1.00. The number of hydrogen-bond donors (Lipinski definition) is 3. The van der Waals surface area contributed by atoms with Gasteiger partial charge in [-0.25, -0.2) is 9.59 Å². The Labute approximate surface area is 49.0 Å². The summed E-state index contributed by atoms with van der Waals surface area (Å²) in [4.78, 5) is 19.4. The fraction of sp³-hybridized carbons (Fsp3) is 0.333. The minimum absolute atomic E-state index is 0.602. The van der Waals surface area contributed by atoms with Gasteiger partial charge in [0.15, 0.2) is 0 Å². The quantitative estimate of drug-likeness (QED) is 0.343. The lowest BCUT2D eigenvalue weighted by Gasteiger charge is -1.99. The van der Waals surface area contributed by atoms with E-state index in [1.54, 1.807) is 0 Å². The van der Waals surface area contributed by atoms with Gasteiger partial charge in [0.05, 0.1) is 0 Å². The van der Waals surface area contributed by atoms with E-state index >= 15 is 0 Å². The lowest BCUT2D eigenvalue weighted by molar-refractivity contribution is -0.152. The number of carbonyl (C=O) groups is 2. The van der Waals surface area contributed by atoms with E-state index < -0.39 is 18.0 Å². The van der Waals surface area contributed by atoms with Gasteiger partial charge >= 0.3 is 11.9 Å².